The van der Waals surface area contributed by atoms with Crippen LogP contribution in [0.3, 0.4) is 0 Å². The summed E-state index contributed by atoms with van der Waals surface area (Å²) in [7, 11) is 1.76. The van der Waals surface area contributed by atoms with E-state index in [1.807, 2.05) is 0 Å². The zero-order chi connectivity index (χ0) is 15.5. The van der Waals surface area contributed by atoms with E-state index in [4.69, 9.17) is 0 Å². The quantitative estimate of drug-likeness (QED) is 0.607. The summed E-state index contributed by atoms with van der Waals surface area (Å²) in [4.78, 5) is 0. The summed E-state index contributed by atoms with van der Waals surface area (Å²) in [5.41, 5.74) is -0.646. The third kappa shape index (κ3) is 3.96. The largest absolute Gasteiger partial charge is 0.419 e. The predicted molar refractivity (Wildman–Crippen MR) is 74.4 cm³/mol. The molecule has 5 heteroatoms. The molecule has 118 valence electrons. The van der Waals surface area contributed by atoms with Gasteiger partial charge in [0.2, 0.25) is 0 Å². The van der Waals surface area contributed by atoms with Crippen LogP contribution in [0, 0.1) is 11.7 Å². The van der Waals surface area contributed by atoms with Crippen LogP contribution in [0.25, 0.3) is 0 Å². The molecule has 1 unspecified atom stereocenters. The maximum absolute atomic E-state index is 13.4. The highest BCUT2D eigenvalue weighted by atomic mass is 19.4. The van der Waals surface area contributed by atoms with Crippen LogP contribution in [-0.2, 0) is 6.18 Å². The van der Waals surface area contributed by atoms with E-state index in [0.717, 1.165) is 37.8 Å². The van der Waals surface area contributed by atoms with Gasteiger partial charge in [0, 0.05) is 6.04 Å². The van der Waals surface area contributed by atoms with Crippen molar-refractivity contribution in [3.8, 4) is 0 Å². The Morgan fingerprint density at radius 3 is 2.24 bits per heavy atom. The minimum Gasteiger partial charge on any atom is -0.313 e. The van der Waals surface area contributed by atoms with Crippen LogP contribution in [-0.4, -0.2) is 7.05 Å². The van der Waals surface area contributed by atoms with Crippen molar-refractivity contribution in [3.63, 3.8) is 0 Å². The van der Waals surface area contributed by atoms with Crippen molar-refractivity contribution in [2.24, 2.45) is 5.92 Å². The normalized spacial score (nSPS) is 19.3. The van der Waals surface area contributed by atoms with E-state index in [9.17, 15) is 17.6 Å². The molecule has 1 aliphatic carbocycles. The van der Waals surface area contributed by atoms with Crippen molar-refractivity contribution < 1.29 is 17.6 Å². The van der Waals surface area contributed by atoms with Gasteiger partial charge in [-0.15, -0.1) is 0 Å². The van der Waals surface area contributed by atoms with Gasteiger partial charge in [0.1, 0.15) is 5.82 Å². The Hall–Kier alpha value is -1.10. The third-order valence-electron chi connectivity index (χ3n) is 4.34. The molecule has 1 fully saturated rings. The molecule has 21 heavy (non-hydrogen) atoms. The molecule has 0 amide bonds. The average molecular weight is 303 g/mol. The van der Waals surface area contributed by atoms with Crippen LogP contribution in [0.15, 0.2) is 18.2 Å². The molecular weight excluding hydrogens is 282 g/mol. The van der Waals surface area contributed by atoms with Crippen LogP contribution in [0.2, 0.25) is 0 Å². The summed E-state index contributed by atoms with van der Waals surface area (Å²) in [6.07, 6.45) is 1.94. The van der Waals surface area contributed by atoms with E-state index in [2.05, 4.69) is 5.32 Å². The van der Waals surface area contributed by atoms with E-state index in [-0.39, 0.29) is 6.04 Å². The highest BCUT2D eigenvalue weighted by Crippen LogP contribution is 2.37. The Morgan fingerprint density at radius 2 is 1.71 bits per heavy atom. The fraction of sp³-hybridized carbons (Fsp3) is 0.625. The zero-order valence-corrected chi connectivity index (χ0v) is 12.1. The van der Waals surface area contributed by atoms with E-state index in [1.54, 1.807) is 7.05 Å². The van der Waals surface area contributed by atoms with E-state index >= 15 is 0 Å². The number of nitrogens with one attached hydrogen (secondary N) is 1. The molecule has 2 rings (SSSR count). The Kier molecular flexibility index (Phi) is 5.25. The molecule has 0 aliphatic heterocycles. The number of benzene rings is 1. The first-order valence-electron chi connectivity index (χ1n) is 7.47. The Morgan fingerprint density at radius 1 is 1.10 bits per heavy atom. The molecule has 0 spiro atoms. The molecule has 1 N–H and O–H groups in total. The lowest BCUT2D eigenvalue weighted by Gasteiger charge is -2.27. The van der Waals surface area contributed by atoms with E-state index < -0.39 is 17.6 Å². The van der Waals surface area contributed by atoms with Gasteiger partial charge in [-0.2, -0.15) is 13.2 Å². The van der Waals surface area contributed by atoms with E-state index in [1.165, 1.54) is 18.9 Å². The number of rotatable bonds is 3. The van der Waals surface area contributed by atoms with Crippen LogP contribution < -0.4 is 5.32 Å². The Balaban J connectivity index is 2.29. The number of hydrogen-bond donors (Lipinski definition) is 1. The molecule has 1 atom stereocenters. The molecule has 1 aromatic rings. The SMILES string of the molecule is CNC(c1ccc(F)c(C(F)(F)F)c1)C1CCCCCC1. The van der Waals surface area contributed by atoms with Crippen molar-refractivity contribution in [2.75, 3.05) is 7.05 Å². The second-order valence-corrected chi connectivity index (χ2v) is 5.76. The minimum absolute atomic E-state index is 0.148. The van der Waals surface area contributed by atoms with Crippen LogP contribution in [0.4, 0.5) is 17.6 Å². The van der Waals surface area contributed by atoms with Crippen molar-refractivity contribution in [3.05, 3.63) is 35.1 Å². The first-order valence-corrected chi connectivity index (χ1v) is 7.47. The smallest absolute Gasteiger partial charge is 0.313 e. The second-order valence-electron chi connectivity index (χ2n) is 5.76. The zero-order valence-electron chi connectivity index (χ0n) is 12.1. The number of alkyl halides is 3. The van der Waals surface area contributed by atoms with Crippen LogP contribution in [0.1, 0.15) is 55.7 Å². The summed E-state index contributed by atoms with van der Waals surface area (Å²) >= 11 is 0. The molecule has 0 bridgehead atoms. The summed E-state index contributed by atoms with van der Waals surface area (Å²) in [5, 5.41) is 3.12. The van der Waals surface area contributed by atoms with Gasteiger partial charge in [0.25, 0.3) is 0 Å². The lowest BCUT2D eigenvalue weighted by Crippen LogP contribution is -2.25. The lowest BCUT2D eigenvalue weighted by atomic mass is 9.86. The summed E-state index contributed by atoms with van der Waals surface area (Å²) in [5.74, 6) is -0.897. The molecule has 1 aliphatic rings. The summed E-state index contributed by atoms with van der Waals surface area (Å²) in [6, 6.07) is 3.21. The van der Waals surface area contributed by atoms with E-state index in [0.29, 0.717) is 11.5 Å². The highest BCUT2D eigenvalue weighted by Gasteiger charge is 2.35. The predicted octanol–water partition coefficient (Wildman–Crippen LogP) is 5.08. The van der Waals surface area contributed by atoms with Crippen LogP contribution >= 0.6 is 0 Å². The molecule has 1 aromatic carbocycles. The fourth-order valence-electron chi connectivity index (χ4n) is 3.27. The highest BCUT2D eigenvalue weighted by molar-refractivity contribution is 5.30. The summed E-state index contributed by atoms with van der Waals surface area (Å²) < 4.78 is 51.9. The third-order valence-corrected chi connectivity index (χ3v) is 4.34. The maximum Gasteiger partial charge on any atom is 0.419 e. The van der Waals surface area contributed by atoms with Crippen molar-refractivity contribution >= 4 is 0 Å². The Bertz CT molecular complexity index is 462. The van der Waals surface area contributed by atoms with Gasteiger partial charge in [0.05, 0.1) is 5.56 Å². The first-order chi connectivity index (χ1) is 9.93. The number of halogens is 4. The lowest BCUT2D eigenvalue weighted by molar-refractivity contribution is -0.140. The van der Waals surface area contributed by atoms with Gasteiger partial charge >= 0.3 is 6.18 Å². The molecule has 1 saturated carbocycles. The monoisotopic (exact) mass is 303 g/mol. The van der Waals surface area contributed by atoms with Gasteiger partial charge in [-0.3, -0.25) is 0 Å². The van der Waals surface area contributed by atoms with Gasteiger partial charge < -0.3 is 5.32 Å². The molecule has 0 aromatic heterocycles. The molecular formula is C16H21F4N. The number of hydrogen-bond acceptors (Lipinski definition) is 1. The fourth-order valence-corrected chi connectivity index (χ4v) is 3.27. The summed E-state index contributed by atoms with van der Waals surface area (Å²) in [6.45, 7) is 0. The maximum atomic E-state index is 13.4. The van der Waals surface area contributed by atoms with Crippen molar-refractivity contribution in [2.45, 2.75) is 50.7 Å². The average Bonchev–Trinajstić information content (AvgIpc) is 2.69. The van der Waals surface area contributed by atoms with Gasteiger partial charge in [-0.05, 0) is 43.5 Å². The molecule has 0 radical (unpaired) electrons. The van der Waals surface area contributed by atoms with Crippen molar-refractivity contribution in [1.29, 1.82) is 0 Å². The standard InChI is InChI=1S/C16H21F4N/c1-21-15(11-6-4-2-3-5-7-11)12-8-9-14(17)13(10-12)16(18,19)20/h8-11,15,21H,2-7H2,1H3. The molecule has 0 heterocycles. The topological polar surface area (TPSA) is 12.0 Å². The van der Waals surface area contributed by atoms with Gasteiger partial charge in [-0.25, -0.2) is 4.39 Å². The van der Waals surface area contributed by atoms with Crippen LogP contribution in [0.5, 0.6) is 0 Å². The first kappa shape index (κ1) is 16.3. The minimum atomic E-state index is -4.65. The second kappa shape index (κ2) is 6.77. The Labute approximate surface area is 122 Å². The van der Waals surface area contributed by atoms with Crippen molar-refractivity contribution in [1.82, 2.24) is 5.32 Å². The van der Waals surface area contributed by atoms with Gasteiger partial charge in [0.15, 0.2) is 0 Å². The van der Waals surface area contributed by atoms with Gasteiger partial charge in [-0.1, -0.05) is 31.7 Å². The molecule has 0 saturated heterocycles. The molecule has 1 nitrogen and oxygen atoms in total.